The molecule has 0 spiro atoms. The van der Waals surface area contributed by atoms with E-state index in [9.17, 15) is 4.79 Å². The molecule has 2 aromatic carbocycles. The topological polar surface area (TPSA) is 51.2 Å². The minimum atomic E-state index is -0.415. The Morgan fingerprint density at radius 3 is 2.26 bits per heavy atom. The monoisotopic (exact) mass is 370 g/mol. The first-order valence-electron chi connectivity index (χ1n) is 9.04. The van der Waals surface area contributed by atoms with Gasteiger partial charge in [-0.2, -0.15) is 0 Å². The van der Waals surface area contributed by atoms with Crippen molar-refractivity contribution < 1.29 is 19.0 Å². The Labute approximate surface area is 160 Å². The average molecular weight is 370 g/mol. The second-order valence-electron chi connectivity index (χ2n) is 6.62. The molecule has 1 aliphatic heterocycles. The molecule has 1 fully saturated rings. The summed E-state index contributed by atoms with van der Waals surface area (Å²) >= 11 is 0. The fourth-order valence-electron chi connectivity index (χ4n) is 3.15. The Morgan fingerprint density at radius 2 is 1.63 bits per heavy atom. The first-order valence-corrected chi connectivity index (χ1v) is 9.04. The van der Waals surface area contributed by atoms with Gasteiger partial charge in [0.15, 0.2) is 11.5 Å². The van der Waals surface area contributed by atoms with Gasteiger partial charge in [0.1, 0.15) is 0 Å². The van der Waals surface area contributed by atoms with Gasteiger partial charge in [-0.15, -0.1) is 0 Å². The smallest absolute Gasteiger partial charge is 0.343 e. The third-order valence-electron chi connectivity index (χ3n) is 4.78. The van der Waals surface area contributed by atoms with Crippen LogP contribution in [0.15, 0.2) is 42.5 Å². The highest BCUT2D eigenvalue weighted by Gasteiger charge is 2.23. The van der Waals surface area contributed by atoms with Crippen molar-refractivity contribution in [2.24, 2.45) is 0 Å². The molecule has 144 valence electrons. The van der Waals surface area contributed by atoms with Crippen LogP contribution in [0.3, 0.4) is 0 Å². The van der Waals surface area contributed by atoms with Gasteiger partial charge in [0.2, 0.25) is 5.75 Å². The third-order valence-corrected chi connectivity index (χ3v) is 4.78. The van der Waals surface area contributed by atoms with Gasteiger partial charge in [-0.05, 0) is 25.2 Å². The molecule has 2 aromatic rings. The molecule has 0 aliphatic carbocycles. The van der Waals surface area contributed by atoms with E-state index in [4.69, 9.17) is 14.2 Å². The summed E-state index contributed by atoms with van der Waals surface area (Å²) in [6.45, 7) is 4.66. The van der Waals surface area contributed by atoms with E-state index in [0.29, 0.717) is 29.4 Å². The van der Waals surface area contributed by atoms with E-state index in [1.807, 2.05) is 30.3 Å². The summed E-state index contributed by atoms with van der Waals surface area (Å²) in [7, 11) is 5.25. The maximum Gasteiger partial charge on any atom is 0.343 e. The largest absolute Gasteiger partial charge is 0.493 e. The second-order valence-corrected chi connectivity index (χ2v) is 6.62. The summed E-state index contributed by atoms with van der Waals surface area (Å²) in [6, 6.07) is 12.7. The zero-order chi connectivity index (χ0) is 19.2. The van der Waals surface area contributed by atoms with Crippen LogP contribution in [0.5, 0.6) is 17.2 Å². The van der Waals surface area contributed by atoms with Crippen LogP contribution >= 0.6 is 0 Å². The average Bonchev–Trinajstić information content (AvgIpc) is 2.71. The quantitative estimate of drug-likeness (QED) is 0.576. The number of hydrogen-bond acceptors (Lipinski definition) is 6. The molecule has 0 atom stereocenters. The number of carbonyl (C=O) groups is 1. The number of carbonyl (C=O) groups excluding carboxylic acids is 1. The lowest BCUT2D eigenvalue weighted by atomic mass is 10.1. The summed E-state index contributed by atoms with van der Waals surface area (Å²) in [6.07, 6.45) is 0. The third kappa shape index (κ3) is 4.59. The van der Waals surface area contributed by atoms with Crippen molar-refractivity contribution in [3.05, 3.63) is 53.6 Å². The number of nitrogens with zero attached hydrogens (tertiary/aromatic N) is 2. The van der Waals surface area contributed by atoms with Gasteiger partial charge in [0.05, 0.1) is 19.8 Å². The predicted molar refractivity (Wildman–Crippen MR) is 104 cm³/mol. The number of benzene rings is 2. The van der Waals surface area contributed by atoms with Crippen molar-refractivity contribution in [3.63, 3.8) is 0 Å². The molecule has 0 aromatic heterocycles. The SMILES string of the molecule is COc1ccc(CN2CCN(C)CC2)c(OC(=O)c2ccccc2)c1OC. The summed E-state index contributed by atoms with van der Waals surface area (Å²) in [5.41, 5.74) is 1.40. The predicted octanol–water partition coefficient (Wildman–Crippen LogP) is 2.67. The standard InChI is InChI=1S/C21H26N2O4/c1-22-11-13-23(14-12-22)15-17-9-10-18(25-2)20(26-3)19(17)27-21(24)16-7-5-4-6-8-16/h4-10H,11-15H2,1-3H3. The van der Waals surface area contributed by atoms with Crippen molar-refractivity contribution in [1.82, 2.24) is 9.80 Å². The molecule has 0 saturated carbocycles. The summed E-state index contributed by atoms with van der Waals surface area (Å²) in [5, 5.41) is 0. The molecule has 1 heterocycles. The van der Waals surface area contributed by atoms with Crippen molar-refractivity contribution in [3.8, 4) is 17.2 Å². The van der Waals surface area contributed by atoms with Gasteiger partial charge in [0, 0.05) is 38.3 Å². The first kappa shape index (κ1) is 19.2. The molecule has 3 rings (SSSR count). The van der Waals surface area contributed by atoms with Gasteiger partial charge < -0.3 is 19.1 Å². The normalized spacial score (nSPS) is 15.4. The first-order chi connectivity index (χ1) is 13.1. The Hall–Kier alpha value is -2.57. The van der Waals surface area contributed by atoms with Gasteiger partial charge >= 0.3 is 5.97 Å². The Morgan fingerprint density at radius 1 is 0.926 bits per heavy atom. The van der Waals surface area contributed by atoms with E-state index in [2.05, 4.69) is 16.8 Å². The van der Waals surface area contributed by atoms with Crippen LogP contribution < -0.4 is 14.2 Å². The number of hydrogen-bond donors (Lipinski definition) is 0. The zero-order valence-corrected chi connectivity index (χ0v) is 16.1. The minimum Gasteiger partial charge on any atom is -0.493 e. The molecule has 1 aliphatic rings. The molecule has 6 nitrogen and oxygen atoms in total. The lowest BCUT2D eigenvalue weighted by Crippen LogP contribution is -2.43. The second kappa shape index (κ2) is 8.88. The van der Waals surface area contributed by atoms with Crippen LogP contribution in [0.2, 0.25) is 0 Å². The Bertz CT molecular complexity index is 771. The Balaban J connectivity index is 1.89. The number of likely N-dealkylation sites (N-methyl/N-ethyl adjacent to an activating group) is 1. The fourth-order valence-corrected chi connectivity index (χ4v) is 3.15. The maximum absolute atomic E-state index is 12.6. The summed E-state index contributed by atoms with van der Waals surface area (Å²) < 4.78 is 16.7. The van der Waals surface area contributed by atoms with Gasteiger partial charge in [-0.25, -0.2) is 4.79 Å². The van der Waals surface area contributed by atoms with Crippen LogP contribution in [0, 0.1) is 0 Å². The molecule has 6 heteroatoms. The lowest BCUT2D eigenvalue weighted by Gasteiger charge is -2.32. The van der Waals surface area contributed by atoms with E-state index in [0.717, 1.165) is 31.7 Å². The van der Waals surface area contributed by atoms with E-state index < -0.39 is 5.97 Å². The van der Waals surface area contributed by atoms with Crippen LogP contribution in [0.1, 0.15) is 15.9 Å². The number of ether oxygens (including phenoxy) is 3. The molecular weight excluding hydrogens is 344 g/mol. The van der Waals surface area contributed by atoms with Gasteiger partial charge in [-0.3, -0.25) is 4.90 Å². The molecule has 0 N–H and O–H groups in total. The maximum atomic E-state index is 12.6. The van der Waals surface area contributed by atoms with Crippen molar-refractivity contribution >= 4 is 5.97 Å². The minimum absolute atomic E-state index is 0.415. The molecule has 27 heavy (non-hydrogen) atoms. The molecule has 0 bridgehead atoms. The zero-order valence-electron chi connectivity index (χ0n) is 16.1. The highest BCUT2D eigenvalue weighted by Crippen LogP contribution is 2.41. The van der Waals surface area contributed by atoms with Crippen molar-refractivity contribution in [1.29, 1.82) is 0 Å². The van der Waals surface area contributed by atoms with E-state index in [1.54, 1.807) is 26.4 Å². The number of esters is 1. The molecule has 0 unspecified atom stereocenters. The van der Waals surface area contributed by atoms with Gasteiger partial charge in [0.25, 0.3) is 0 Å². The van der Waals surface area contributed by atoms with Crippen LogP contribution in [-0.4, -0.2) is 63.2 Å². The molecular formula is C21H26N2O4. The van der Waals surface area contributed by atoms with Crippen LogP contribution in [0.25, 0.3) is 0 Å². The highest BCUT2D eigenvalue weighted by molar-refractivity contribution is 5.91. The van der Waals surface area contributed by atoms with E-state index in [1.165, 1.54) is 0 Å². The molecule has 1 saturated heterocycles. The van der Waals surface area contributed by atoms with E-state index >= 15 is 0 Å². The fraction of sp³-hybridized carbons (Fsp3) is 0.381. The number of methoxy groups -OCH3 is 2. The Kier molecular flexibility index (Phi) is 6.32. The summed E-state index contributed by atoms with van der Waals surface area (Å²) in [4.78, 5) is 17.3. The van der Waals surface area contributed by atoms with Gasteiger partial charge in [-0.1, -0.05) is 24.3 Å². The highest BCUT2D eigenvalue weighted by atomic mass is 16.6. The molecule has 0 radical (unpaired) electrons. The number of piperazine rings is 1. The van der Waals surface area contributed by atoms with Crippen molar-refractivity contribution in [2.45, 2.75) is 6.54 Å². The van der Waals surface area contributed by atoms with E-state index in [-0.39, 0.29) is 0 Å². The molecule has 0 amide bonds. The van der Waals surface area contributed by atoms with Crippen molar-refractivity contribution in [2.75, 3.05) is 47.4 Å². The summed E-state index contributed by atoms with van der Waals surface area (Å²) in [5.74, 6) is 0.982. The lowest BCUT2D eigenvalue weighted by molar-refractivity contribution is 0.0724. The van der Waals surface area contributed by atoms with Crippen LogP contribution in [0.4, 0.5) is 0 Å². The van der Waals surface area contributed by atoms with Crippen LogP contribution in [-0.2, 0) is 6.54 Å². The number of rotatable bonds is 6.